The van der Waals surface area contributed by atoms with Gasteiger partial charge in [-0.3, -0.25) is 14.6 Å². The van der Waals surface area contributed by atoms with Crippen LogP contribution in [0.4, 0.5) is 5.69 Å². The summed E-state index contributed by atoms with van der Waals surface area (Å²) in [5, 5.41) is 5.59. The lowest BCUT2D eigenvalue weighted by atomic mass is 10.1. The highest BCUT2D eigenvalue weighted by Crippen LogP contribution is 2.16. The third-order valence-corrected chi connectivity index (χ3v) is 3.50. The van der Waals surface area contributed by atoms with Gasteiger partial charge in [0.2, 0.25) is 0 Å². The SMILES string of the molecule is CCCCNC(=O)c1cncc(C(=O)Nc2ccc(OCC)cc2)c1. The van der Waals surface area contributed by atoms with Crippen molar-refractivity contribution in [2.75, 3.05) is 18.5 Å². The van der Waals surface area contributed by atoms with Gasteiger partial charge in [0.25, 0.3) is 11.8 Å². The molecular weight excluding hydrogens is 318 g/mol. The minimum absolute atomic E-state index is 0.225. The van der Waals surface area contributed by atoms with Crippen LogP contribution >= 0.6 is 0 Å². The number of nitrogens with zero attached hydrogens (tertiary/aromatic N) is 1. The Kier molecular flexibility index (Phi) is 6.95. The Hall–Kier alpha value is -2.89. The number of amides is 2. The van der Waals surface area contributed by atoms with Crippen molar-refractivity contribution < 1.29 is 14.3 Å². The maximum absolute atomic E-state index is 12.3. The molecule has 0 spiro atoms. The minimum atomic E-state index is -0.320. The monoisotopic (exact) mass is 341 g/mol. The van der Waals surface area contributed by atoms with Crippen molar-refractivity contribution in [3.63, 3.8) is 0 Å². The van der Waals surface area contributed by atoms with Crippen LogP contribution in [-0.2, 0) is 0 Å². The Morgan fingerprint density at radius 2 is 1.72 bits per heavy atom. The van der Waals surface area contributed by atoms with Crippen molar-refractivity contribution in [1.82, 2.24) is 10.3 Å². The van der Waals surface area contributed by atoms with E-state index in [2.05, 4.69) is 22.5 Å². The van der Waals surface area contributed by atoms with Crippen LogP contribution in [0.1, 0.15) is 47.4 Å². The summed E-state index contributed by atoms with van der Waals surface area (Å²) in [7, 11) is 0. The van der Waals surface area contributed by atoms with Crippen molar-refractivity contribution in [2.24, 2.45) is 0 Å². The molecule has 0 unspecified atom stereocenters. The fraction of sp³-hybridized carbons (Fsp3) is 0.316. The molecule has 1 aromatic carbocycles. The molecule has 6 heteroatoms. The van der Waals surface area contributed by atoms with Crippen molar-refractivity contribution >= 4 is 17.5 Å². The molecule has 2 amide bonds. The Bertz CT molecular complexity index is 714. The van der Waals surface area contributed by atoms with Crippen LogP contribution in [0, 0.1) is 0 Å². The zero-order valence-electron chi connectivity index (χ0n) is 14.5. The molecular formula is C19H23N3O3. The van der Waals surface area contributed by atoms with Crippen LogP contribution in [0.25, 0.3) is 0 Å². The normalized spacial score (nSPS) is 10.2. The Morgan fingerprint density at radius 1 is 1.04 bits per heavy atom. The van der Waals surface area contributed by atoms with Crippen molar-refractivity contribution in [1.29, 1.82) is 0 Å². The van der Waals surface area contributed by atoms with Gasteiger partial charge in [-0.15, -0.1) is 0 Å². The lowest BCUT2D eigenvalue weighted by molar-refractivity contribution is 0.0953. The van der Waals surface area contributed by atoms with Crippen LogP contribution in [0.15, 0.2) is 42.7 Å². The van der Waals surface area contributed by atoms with E-state index in [4.69, 9.17) is 4.74 Å². The van der Waals surface area contributed by atoms with Gasteiger partial charge in [-0.2, -0.15) is 0 Å². The summed E-state index contributed by atoms with van der Waals surface area (Å²) in [4.78, 5) is 28.4. The van der Waals surface area contributed by atoms with Crippen LogP contribution in [0.5, 0.6) is 5.75 Å². The molecule has 0 bridgehead atoms. The number of benzene rings is 1. The smallest absolute Gasteiger partial charge is 0.257 e. The minimum Gasteiger partial charge on any atom is -0.494 e. The Morgan fingerprint density at radius 3 is 2.36 bits per heavy atom. The van der Waals surface area contributed by atoms with E-state index in [-0.39, 0.29) is 11.8 Å². The van der Waals surface area contributed by atoms with E-state index in [9.17, 15) is 9.59 Å². The maximum atomic E-state index is 12.3. The van der Waals surface area contributed by atoms with Gasteiger partial charge in [-0.25, -0.2) is 0 Å². The molecule has 25 heavy (non-hydrogen) atoms. The Labute approximate surface area is 147 Å². The van der Waals surface area contributed by atoms with E-state index >= 15 is 0 Å². The van der Waals surface area contributed by atoms with Gasteiger partial charge in [0, 0.05) is 24.6 Å². The predicted octanol–water partition coefficient (Wildman–Crippen LogP) is 3.26. The molecule has 2 rings (SSSR count). The molecule has 0 saturated carbocycles. The number of carbonyl (C=O) groups excluding carboxylic acids is 2. The van der Waals surface area contributed by atoms with E-state index < -0.39 is 0 Å². The highest BCUT2D eigenvalue weighted by molar-refractivity contribution is 6.05. The molecule has 0 saturated heterocycles. The number of hydrogen-bond acceptors (Lipinski definition) is 4. The number of carbonyl (C=O) groups is 2. The summed E-state index contributed by atoms with van der Waals surface area (Å²) in [6.45, 7) is 5.16. The molecule has 0 radical (unpaired) electrons. The van der Waals surface area contributed by atoms with Crippen LogP contribution in [0.2, 0.25) is 0 Å². The highest BCUT2D eigenvalue weighted by Gasteiger charge is 2.11. The first-order valence-corrected chi connectivity index (χ1v) is 8.41. The van der Waals surface area contributed by atoms with Gasteiger partial charge >= 0.3 is 0 Å². The molecule has 2 aromatic rings. The molecule has 0 aliphatic rings. The molecule has 1 heterocycles. The van der Waals surface area contributed by atoms with Gasteiger partial charge in [-0.1, -0.05) is 13.3 Å². The van der Waals surface area contributed by atoms with Crippen molar-refractivity contribution in [2.45, 2.75) is 26.7 Å². The molecule has 6 nitrogen and oxygen atoms in total. The summed E-state index contributed by atoms with van der Waals surface area (Å²) in [6.07, 6.45) is 4.81. The molecule has 2 N–H and O–H groups in total. The van der Waals surface area contributed by atoms with E-state index in [1.54, 1.807) is 24.3 Å². The Balaban J connectivity index is 2.01. The van der Waals surface area contributed by atoms with E-state index in [0.29, 0.717) is 30.0 Å². The largest absolute Gasteiger partial charge is 0.494 e. The predicted molar refractivity (Wildman–Crippen MR) is 97.0 cm³/mol. The first kappa shape index (κ1) is 18.4. The first-order valence-electron chi connectivity index (χ1n) is 8.41. The van der Waals surface area contributed by atoms with E-state index in [1.807, 2.05) is 6.92 Å². The van der Waals surface area contributed by atoms with Crippen LogP contribution < -0.4 is 15.4 Å². The number of ether oxygens (including phenoxy) is 1. The second-order valence-corrected chi connectivity index (χ2v) is 5.48. The van der Waals surface area contributed by atoms with Crippen molar-refractivity contribution in [3.8, 4) is 5.75 Å². The summed E-state index contributed by atoms with van der Waals surface area (Å²) in [5.41, 5.74) is 1.35. The fourth-order valence-corrected chi connectivity index (χ4v) is 2.17. The highest BCUT2D eigenvalue weighted by atomic mass is 16.5. The number of hydrogen-bond donors (Lipinski definition) is 2. The zero-order valence-corrected chi connectivity index (χ0v) is 14.5. The zero-order chi connectivity index (χ0) is 18.1. The average molecular weight is 341 g/mol. The van der Waals surface area contributed by atoms with E-state index in [0.717, 1.165) is 18.6 Å². The number of anilines is 1. The number of nitrogens with one attached hydrogen (secondary N) is 2. The summed E-state index contributed by atoms with van der Waals surface area (Å²) >= 11 is 0. The summed E-state index contributed by atoms with van der Waals surface area (Å²) in [6, 6.07) is 8.64. The summed E-state index contributed by atoms with van der Waals surface area (Å²) < 4.78 is 5.37. The van der Waals surface area contributed by atoms with Gasteiger partial charge in [0.1, 0.15) is 5.75 Å². The van der Waals surface area contributed by atoms with Gasteiger partial charge < -0.3 is 15.4 Å². The fourth-order valence-electron chi connectivity index (χ4n) is 2.17. The molecule has 0 aliphatic carbocycles. The lowest BCUT2D eigenvalue weighted by Gasteiger charge is -2.08. The topological polar surface area (TPSA) is 80.3 Å². The standard InChI is InChI=1S/C19H23N3O3/c1-3-5-10-21-18(23)14-11-15(13-20-12-14)19(24)22-16-6-8-17(9-7-16)25-4-2/h6-9,11-13H,3-5,10H2,1-2H3,(H,21,23)(H,22,24). The number of pyridine rings is 1. The quantitative estimate of drug-likeness (QED) is 0.722. The number of rotatable bonds is 8. The van der Waals surface area contributed by atoms with Gasteiger partial charge in [0.15, 0.2) is 0 Å². The van der Waals surface area contributed by atoms with E-state index in [1.165, 1.54) is 18.5 Å². The summed E-state index contributed by atoms with van der Waals surface area (Å²) in [5.74, 6) is 0.199. The molecule has 0 aliphatic heterocycles. The molecule has 1 aromatic heterocycles. The maximum Gasteiger partial charge on any atom is 0.257 e. The molecule has 0 atom stereocenters. The second-order valence-electron chi connectivity index (χ2n) is 5.48. The molecule has 0 fully saturated rings. The third-order valence-electron chi connectivity index (χ3n) is 3.50. The van der Waals surface area contributed by atoms with Crippen LogP contribution in [0.3, 0.4) is 0 Å². The van der Waals surface area contributed by atoms with Gasteiger partial charge in [0.05, 0.1) is 17.7 Å². The third kappa shape index (κ3) is 5.60. The van der Waals surface area contributed by atoms with Gasteiger partial charge in [-0.05, 0) is 43.7 Å². The first-order chi connectivity index (χ1) is 12.1. The van der Waals surface area contributed by atoms with Crippen molar-refractivity contribution in [3.05, 3.63) is 53.9 Å². The number of unbranched alkanes of at least 4 members (excludes halogenated alkanes) is 1. The average Bonchev–Trinajstić information content (AvgIpc) is 2.64. The second kappa shape index (κ2) is 9.42. The van der Waals surface area contributed by atoms with Crippen LogP contribution in [-0.4, -0.2) is 29.9 Å². The number of aromatic nitrogens is 1. The lowest BCUT2D eigenvalue weighted by Crippen LogP contribution is -2.25. The molecule has 132 valence electrons.